The fourth-order valence-corrected chi connectivity index (χ4v) is 7.51. The molecule has 3 amide bonds. The van der Waals surface area contributed by atoms with E-state index in [1.807, 2.05) is 0 Å². The number of fused-ring (bicyclic) bond motifs is 1. The third kappa shape index (κ3) is 6.89. The molecule has 2 aliphatic heterocycles. The number of amides is 3. The average Bonchev–Trinajstić information content (AvgIpc) is 3.37. The highest BCUT2D eigenvalue weighted by molar-refractivity contribution is 8.01. The number of carboxylic acids is 1. The van der Waals surface area contributed by atoms with E-state index in [4.69, 9.17) is 4.74 Å². The summed E-state index contributed by atoms with van der Waals surface area (Å²) in [7, 11) is 0. The molecule has 0 aromatic carbocycles. The first-order valence-corrected chi connectivity index (χ1v) is 15.2. The van der Waals surface area contributed by atoms with Crippen molar-refractivity contribution in [3.05, 3.63) is 27.9 Å². The Bertz CT molecular complexity index is 1160. The molecular weight excluding hydrogens is 550 g/mol. The van der Waals surface area contributed by atoms with Crippen molar-refractivity contribution in [2.45, 2.75) is 74.2 Å². The van der Waals surface area contributed by atoms with Crippen molar-refractivity contribution < 1.29 is 29.0 Å². The molecule has 38 heavy (non-hydrogen) atoms. The van der Waals surface area contributed by atoms with Crippen LogP contribution in [0, 0.1) is 0 Å². The highest BCUT2D eigenvalue weighted by Crippen LogP contribution is 2.41. The molecule has 0 saturated carbocycles. The Morgan fingerprint density at radius 3 is 2.61 bits per heavy atom. The van der Waals surface area contributed by atoms with Crippen molar-refractivity contribution in [3.63, 3.8) is 0 Å². The second-order valence-corrected chi connectivity index (χ2v) is 13.3. The molecule has 0 spiro atoms. The zero-order valence-electron chi connectivity index (χ0n) is 21.4. The molecule has 1 fully saturated rings. The molecule has 0 radical (unpaired) electrons. The molecule has 2 atom stereocenters. The summed E-state index contributed by atoms with van der Waals surface area (Å²) < 4.78 is 6.03. The maximum Gasteiger partial charge on any atom is 0.407 e. The number of hydrogen-bond acceptors (Lipinski definition) is 10. The largest absolute Gasteiger partial charge is 0.477 e. The van der Waals surface area contributed by atoms with Gasteiger partial charge in [-0.3, -0.25) is 14.5 Å². The molecule has 1 saturated heterocycles. The first-order valence-electron chi connectivity index (χ1n) is 12.3. The Hall–Kier alpha value is -2.58. The summed E-state index contributed by atoms with van der Waals surface area (Å²) in [5.74, 6) is -1.02. The highest BCUT2D eigenvalue weighted by Gasteiger charge is 2.54. The van der Waals surface area contributed by atoms with Crippen molar-refractivity contribution >= 4 is 58.7 Å². The summed E-state index contributed by atoms with van der Waals surface area (Å²) in [6.07, 6.45) is 3.11. The Labute approximate surface area is 233 Å². The van der Waals surface area contributed by atoms with Gasteiger partial charge in [-0.2, -0.15) is 0 Å². The Morgan fingerprint density at radius 1 is 1.21 bits per heavy atom. The molecule has 1 aromatic rings. The van der Waals surface area contributed by atoms with Crippen molar-refractivity contribution in [3.8, 4) is 0 Å². The predicted molar refractivity (Wildman–Crippen MR) is 145 cm³/mol. The average molecular weight is 582 g/mol. The van der Waals surface area contributed by atoms with Crippen molar-refractivity contribution in [1.82, 2.24) is 25.7 Å². The summed E-state index contributed by atoms with van der Waals surface area (Å²) in [5.41, 5.74) is 3.63. The second kappa shape index (κ2) is 12.1. The molecule has 3 heterocycles. The van der Waals surface area contributed by atoms with Gasteiger partial charge in [-0.05, 0) is 52.0 Å². The van der Waals surface area contributed by atoms with Crippen LogP contribution >= 0.6 is 34.9 Å². The van der Waals surface area contributed by atoms with Crippen LogP contribution in [-0.4, -0.2) is 79.1 Å². The number of nitrogens with zero attached hydrogens (tertiary/aromatic N) is 3. The number of carbonyl (C=O) groups excluding carboxylic acids is 3. The minimum absolute atomic E-state index is 0.00763. The van der Waals surface area contributed by atoms with Crippen LogP contribution in [0.5, 0.6) is 0 Å². The molecular formula is C24H31N5O6S3. The van der Waals surface area contributed by atoms with Crippen molar-refractivity contribution in [1.29, 1.82) is 0 Å². The zero-order chi connectivity index (χ0) is 27.4. The van der Waals surface area contributed by atoms with Crippen LogP contribution in [0.15, 0.2) is 32.3 Å². The zero-order valence-corrected chi connectivity index (χ0v) is 23.9. The lowest BCUT2D eigenvalue weighted by atomic mass is 9.89. The Kier molecular flexibility index (Phi) is 9.04. The number of nitrogens with one attached hydrogen (secondary N) is 2. The lowest BCUT2D eigenvalue weighted by Crippen LogP contribution is -2.70. The number of thioether (sulfide) groups is 2. The molecule has 1 aromatic heterocycles. The quantitative estimate of drug-likeness (QED) is 0.225. The molecule has 4 rings (SSSR count). The Balaban J connectivity index is 1.36. The van der Waals surface area contributed by atoms with Crippen LogP contribution in [0.2, 0.25) is 0 Å². The lowest BCUT2D eigenvalue weighted by Gasteiger charge is -2.49. The first kappa shape index (κ1) is 28.4. The van der Waals surface area contributed by atoms with Gasteiger partial charge in [-0.25, -0.2) is 9.59 Å². The molecule has 3 aliphatic rings. The van der Waals surface area contributed by atoms with Crippen molar-refractivity contribution in [2.75, 3.05) is 18.1 Å². The molecule has 206 valence electrons. The molecule has 11 nitrogen and oxygen atoms in total. The maximum absolute atomic E-state index is 13.0. The van der Waals surface area contributed by atoms with Gasteiger partial charge in [0.15, 0.2) is 4.34 Å². The molecule has 1 unspecified atom stereocenters. The molecule has 3 N–H and O–H groups in total. The topological polar surface area (TPSA) is 151 Å². The standard InChI is InChI=1S/C24H31N5O6S3/c1-24(2,3)35-22(34)25-9-14-7-5-4-6-13(14)8-16(30)27-17-19(31)29-18(21(32)33)15(10-36-20(17)29)11-37-23-28-26-12-38-23/h12,17,20H,4-11H2,1-3H3,(H,25,34)(H,27,30)(H,32,33)/t17?,20-/m0/s1. The van der Waals surface area contributed by atoms with Gasteiger partial charge in [-0.15, -0.1) is 22.0 Å². The van der Waals surface area contributed by atoms with E-state index < -0.39 is 35.0 Å². The number of carboxylic acid groups (broad SMARTS) is 1. The van der Waals surface area contributed by atoms with Gasteiger partial charge in [-0.1, -0.05) is 34.2 Å². The molecule has 0 bridgehead atoms. The van der Waals surface area contributed by atoms with E-state index >= 15 is 0 Å². The fraction of sp³-hybridized carbons (Fsp3) is 0.583. The van der Waals surface area contributed by atoms with E-state index in [1.54, 1.807) is 26.3 Å². The smallest absolute Gasteiger partial charge is 0.407 e. The third-order valence-corrected chi connectivity index (χ3v) is 9.49. The number of β-lactam (4-membered cyclic amide) rings is 1. The number of alkyl carbamates (subject to hydrolysis) is 1. The van der Waals surface area contributed by atoms with Crippen LogP contribution < -0.4 is 10.6 Å². The molecule has 1 aliphatic carbocycles. The highest BCUT2D eigenvalue weighted by atomic mass is 32.2. The monoisotopic (exact) mass is 581 g/mol. The number of rotatable bonds is 9. The van der Waals surface area contributed by atoms with Gasteiger partial charge in [0, 0.05) is 24.5 Å². The van der Waals surface area contributed by atoms with Crippen LogP contribution in [0.25, 0.3) is 0 Å². The van der Waals surface area contributed by atoms with Gasteiger partial charge in [0.2, 0.25) is 5.91 Å². The summed E-state index contributed by atoms with van der Waals surface area (Å²) in [6, 6.07) is -0.772. The molecule has 14 heteroatoms. The van der Waals surface area contributed by atoms with E-state index in [0.717, 1.165) is 41.2 Å². The Morgan fingerprint density at radius 2 is 1.95 bits per heavy atom. The number of hydrogen-bond donors (Lipinski definition) is 3. The van der Waals surface area contributed by atoms with Crippen LogP contribution in [0.3, 0.4) is 0 Å². The summed E-state index contributed by atoms with van der Waals surface area (Å²) in [6.45, 7) is 5.71. The van der Waals surface area contributed by atoms with E-state index in [1.165, 1.54) is 39.8 Å². The second-order valence-electron chi connectivity index (χ2n) is 10.2. The minimum Gasteiger partial charge on any atom is -0.477 e. The first-order chi connectivity index (χ1) is 18.0. The SMILES string of the molecule is CC(C)(C)OC(=O)NCC1=C(CC(=O)NC2C(=O)N3C(C(=O)O)=C(CSc4nncs4)CS[C@@H]23)CCCC1. The van der Waals surface area contributed by atoms with E-state index in [0.29, 0.717) is 23.6 Å². The number of aromatic nitrogens is 2. The van der Waals surface area contributed by atoms with Crippen LogP contribution in [-0.2, 0) is 19.1 Å². The third-order valence-electron chi connectivity index (χ3n) is 6.20. The van der Waals surface area contributed by atoms with Gasteiger partial charge >= 0.3 is 12.1 Å². The van der Waals surface area contributed by atoms with Gasteiger partial charge in [0.25, 0.3) is 5.91 Å². The fourth-order valence-electron chi connectivity index (χ4n) is 4.54. The number of ether oxygens (including phenoxy) is 1. The number of carbonyl (C=O) groups is 4. The van der Waals surface area contributed by atoms with Gasteiger partial charge in [0.1, 0.15) is 28.2 Å². The van der Waals surface area contributed by atoms with E-state index in [2.05, 4.69) is 20.8 Å². The van der Waals surface area contributed by atoms with Crippen LogP contribution in [0.4, 0.5) is 4.79 Å². The minimum atomic E-state index is -1.16. The normalized spacial score (nSPS) is 21.6. The summed E-state index contributed by atoms with van der Waals surface area (Å²) in [5, 5.41) is 22.7. The van der Waals surface area contributed by atoms with Crippen LogP contribution in [0.1, 0.15) is 52.9 Å². The predicted octanol–water partition coefficient (Wildman–Crippen LogP) is 3.15. The maximum atomic E-state index is 13.0. The van der Waals surface area contributed by atoms with E-state index in [9.17, 15) is 24.3 Å². The summed E-state index contributed by atoms with van der Waals surface area (Å²) in [4.78, 5) is 51.3. The van der Waals surface area contributed by atoms with Crippen molar-refractivity contribution in [2.24, 2.45) is 0 Å². The van der Waals surface area contributed by atoms with Gasteiger partial charge < -0.3 is 20.5 Å². The van der Waals surface area contributed by atoms with E-state index in [-0.39, 0.29) is 18.0 Å². The lowest BCUT2D eigenvalue weighted by molar-refractivity contribution is -0.150. The number of aliphatic carboxylic acids is 1. The summed E-state index contributed by atoms with van der Waals surface area (Å²) >= 11 is 4.20. The van der Waals surface area contributed by atoms with Gasteiger partial charge in [0.05, 0.1) is 0 Å².